The molecule has 1 atom stereocenters. The SMILES string of the molecule is CCCCOc1ccc(/C(O)=C2\C(=O)C(=O)N(CCCN3CCOCC3)[C@H]2c2cccc([N+](=O)[O-])c2)cc1C. The first kappa shape index (κ1) is 28.3. The molecule has 4 rings (SSSR count). The fourth-order valence-corrected chi connectivity index (χ4v) is 5.00. The molecule has 0 unspecified atom stereocenters. The first-order valence-corrected chi connectivity index (χ1v) is 13.4. The third-order valence-electron chi connectivity index (χ3n) is 7.12. The molecule has 2 aromatic carbocycles. The average molecular weight is 538 g/mol. The molecule has 0 aromatic heterocycles. The van der Waals surface area contributed by atoms with Crippen molar-refractivity contribution in [3.8, 4) is 5.75 Å². The number of ketones is 1. The summed E-state index contributed by atoms with van der Waals surface area (Å²) in [6.07, 6.45) is 2.52. The van der Waals surface area contributed by atoms with Gasteiger partial charge in [0.1, 0.15) is 11.5 Å². The molecule has 2 aliphatic rings. The predicted octanol–water partition coefficient (Wildman–Crippen LogP) is 4.23. The van der Waals surface area contributed by atoms with Crippen LogP contribution in [0.3, 0.4) is 0 Å². The van der Waals surface area contributed by atoms with Gasteiger partial charge in [-0.15, -0.1) is 0 Å². The van der Waals surface area contributed by atoms with Crippen LogP contribution in [-0.2, 0) is 14.3 Å². The Morgan fingerprint density at radius 1 is 1.13 bits per heavy atom. The summed E-state index contributed by atoms with van der Waals surface area (Å²) < 4.78 is 11.2. The standard InChI is InChI=1S/C29H35N3O7/c1-3-4-15-39-24-10-9-22(18-20(24)2)27(33)25-26(21-7-5-8-23(19-21)32(36)37)31(29(35)28(25)34)12-6-11-30-13-16-38-17-14-30/h5,7-10,18-19,26,33H,3-4,6,11-17H2,1-2H3/b27-25+/t26-/m0/s1. The van der Waals surface area contributed by atoms with Crippen molar-refractivity contribution in [2.45, 2.75) is 39.2 Å². The lowest BCUT2D eigenvalue weighted by atomic mass is 9.94. The Bertz CT molecular complexity index is 1250. The quantitative estimate of drug-likeness (QED) is 0.113. The molecule has 2 saturated heterocycles. The average Bonchev–Trinajstić information content (AvgIpc) is 3.19. The van der Waals surface area contributed by atoms with Gasteiger partial charge in [-0.25, -0.2) is 0 Å². The van der Waals surface area contributed by atoms with Crippen LogP contribution >= 0.6 is 0 Å². The number of benzene rings is 2. The van der Waals surface area contributed by atoms with Crippen molar-refractivity contribution < 1.29 is 29.1 Å². The third-order valence-corrected chi connectivity index (χ3v) is 7.12. The summed E-state index contributed by atoms with van der Waals surface area (Å²) in [6.45, 7) is 8.37. The number of hydrogen-bond acceptors (Lipinski definition) is 8. The number of aliphatic hydroxyl groups is 1. The van der Waals surface area contributed by atoms with Crippen LogP contribution in [0.4, 0.5) is 5.69 Å². The third kappa shape index (κ3) is 6.46. The lowest BCUT2D eigenvalue weighted by Crippen LogP contribution is -2.39. The van der Waals surface area contributed by atoms with Gasteiger partial charge in [0.2, 0.25) is 0 Å². The van der Waals surface area contributed by atoms with E-state index in [0.717, 1.165) is 31.5 Å². The number of nitro groups is 1. The topological polar surface area (TPSA) is 122 Å². The lowest BCUT2D eigenvalue weighted by molar-refractivity contribution is -0.384. The summed E-state index contributed by atoms with van der Waals surface area (Å²) in [7, 11) is 0. The van der Waals surface area contributed by atoms with Gasteiger partial charge in [-0.05, 0) is 49.1 Å². The second-order valence-corrected chi connectivity index (χ2v) is 9.83. The molecule has 0 saturated carbocycles. The van der Waals surface area contributed by atoms with E-state index in [4.69, 9.17) is 9.47 Å². The number of morpholine rings is 1. The molecular formula is C29H35N3O7. The molecule has 0 spiro atoms. The summed E-state index contributed by atoms with van der Waals surface area (Å²) in [5.41, 5.74) is 1.31. The van der Waals surface area contributed by atoms with E-state index in [9.17, 15) is 24.8 Å². The van der Waals surface area contributed by atoms with Crippen molar-refractivity contribution in [3.05, 3.63) is 74.8 Å². The van der Waals surface area contributed by atoms with Gasteiger partial charge < -0.3 is 19.5 Å². The number of rotatable bonds is 11. The van der Waals surface area contributed by atoms with Gasteiger partial charge in [0, 0.05) is 43.9 Å². The maximum Gasteiger partial charge on any atom is 0.295 e. The second-order valence-electron chi connectivity index (χ2n) is 9.83. The summed E-state index contributed by atoms with van der Waals surface area (Å²) in [5, 5.41) is 22.9. The number of likely N-dealkylation sites (tertiary alicyclic amines) is 1. The van der Waals surface area contributed by atoms with E-state index in [2.05, 4.69) is 11.8 Å². The minimum Gasteiger partial charge on any atom is -0.507 e. The zero-order valence-corrected chi connectivity index (χ0v) is 22.4. The molecule has 2 aliphatic heterocycles. The molecule has 10 heteroatoms. The van der Waals surface area contributed by atoms with Crippen LogP contribution in [0.5, 0.6) is 5.75 Å². The lowest BCUT2D eigenvalue weighted by Gasteiger charge is -2.29. The van der Waals surface area contributed by atoms with Gasteiger partial charge in [-0.2, -0.15) is 0 Å². The Labute approximate surface area is 228 Å². The van der Waals surface area contributed by atoms with E-state index in [0.29, 0.717) is 49.7 Å². The van der Waals surface area contributed by atoms with E-state index >= 15 is 0 Å². The van der Waals surface area contributed by atoms with Crippen LogP contribution in [-0.4, -0.2) is 77.5 Å². The molecule has 0 aliphatic carbocycles. The Morgan fingerprint density at radius 2 is 1.90 bits per heavy atom. The fourth-order valence-electron chi connectivity index (χ4n) is 5.00. The van der Waals surface area contributed by atoms with Crippen molar-refractivity contribution in [2.75, 3.05) is 46.0 Å². The maximum absolute atomic E-state index is 13.3. The Kier molecular flexibility index (Phi) is 9.32. The van der Waals surface area contributed by atoms with Gasteiger partial charge in [0.05, 0.1) is 36.4 Å². The maximum atomic E-state index is 13.3. The largest absolute Gasteiger partial charge is 0.507 e. The molecule has 1 amide bonds. The Hall–Kier alpha value is -3.76. The predicted molar refractivity (Wildman–Crippen MR) is 146 cm³/mol. The smallest absolute Gasteiger partial charge is 0.295 e. The molecule has 2 aromatic rings. The molecule has 0 bridgehead atoms. The van der Waals surface area contributed by atoms with E-state index in [1.807, 2.05) is 6.92 Å². The van der Waals surface area contributed by atoms with Gasteiger partial charge >= 0.3 is 0 Å². The first-order chi connectivity index (χ1) is 18.8. The summed E-state index contributed by atoms with van der Waals surface area (Å²) in [4.78, 5) is 41.2. The van der Waals surface area contributed by atoms with E-state index in [-0.39, 0.29) is 23.6 Å². The van der Waals surface area contributed by atoms with Crippen LogP contribution in [0.2, 0.25) is 0 Å². The summed E-state index contributed by atoms with van der Waals surface area (Å²) in [6, 6.07) is 10.0. The molecule has 2 heterocycles. The normalized spacial score (nSPS) is 19.4. The van der Waals surface area contributed by atoms with E-state index < -0.39 is 22.7 Å². The van der Waals surface area contributed by atoms with Crippen LogP contribution in [0.25, 0.3) is 5.76 Å². The van der Waals surface area contributed by atoms with Crippen molar-refractivity contribution in [2.24, 2.45) is 0 Å². The number of ether oxygens (including phenoxy) is 2. The number of unbranched alkanes of at least 4 members (excludes halogenated alkanes) is 1. The van der Waals surface area contributed by atoms with Crippen molar-refractivity contribution in [1.29, 1.82) is 0 Å². The highest BCUT2D eigenvalue weighted by Crippen LogP contribution is 2.40. The molecule has 0 radical (unpaired) electrons. The van der Waals surface area contributed by atoms with Crippen LogP contribution in [0, 0.1) is 17.0 Å². The summed E-state index contributed by atoms with van der Waals surface area (Å²) in [5.74, 6) is -1.18. The Balaban J connectivity index is 1.68. The highest BCUT2D eigenvalue weighted by molar-refractivity contribution is 6.46. The van der Waals surface area contributed by atoms with Crippen LogP contribution < -0.4 is 4.74 Å². The van der Waals surface area contributed by atoms with Gasteiger partial charge in [0.25, 0.3) is 17.4 Å². The van der Waals surface area contributed by atoms with E-state index in [1.165, 1.54) is 23.1 Å². The second kappa shape index (κ2) is 12.9. The number of non-ortho nitro benzene ring substituents is 1. The van der Waals surface area contributed by atoms with Crippen LogP contribution in [0.15, 0.2) is 48.0 Å². The van der Waals surface area contributed by atoms with Crippen molar-refractivity contribution >= 4 is 23.1 Å². The number of carbonyl (C=O) groups excluding carboxylic acids is 2. The number of nitrogens with zero attached hydrogens (tertiary/aromatic N) is 3. The first-order valence-electron chi connectivity index (χ1n) is 13.4. The highest BCUT2D eigenvalue weighted by Gasteiger charge is 2.46. The number of amides is 1. The number of aryl methyl sites for hydroxylation is 1. The van der Waals surface area contributed by atoms with Crippen molar-refractivity contribution in [3.63, 3.8) is 0 Å². The molecule has 208 valence electrons. The number of nitro benzene ring substituents is 1. The number of carbonyl (C=O) groups is 2. The zero-order valence-electron chi connectivity index (χ0n) is 22.4. The number of Topliss-reactive ketones (excluding diaryl/α,β-unsaturated/α-hetero) is 1. The van der Waals surface area contributed by atoms with Crippen LogP contribution in [0.1, 0.15) is 48.9 Å². The molecule has 2 fully saturated rings. The highest BCUT2D eigenvalue weighted by atomic mass is 16.6. The van der Waals surface area contributed by atoms with Crippen molar-refractivity contribution in [1.82, 2.24) is 9.80 Å². The van der Waals surface area contributed by atoms with Gasteiger partial charge in [-0.1, -0.05) is 25.5 Å². The van der Waals surface area contributed by atoms with E-state index in [1.54, 1.807) is 24.3 Å². The molecule has 10 nitrogen and oxygen atoms in total. The molecule has 39 heavy (non-hydrogen) atoms. The molecule has 1 N–H and O–H groups in total. The number of hydrogen-bond donors (Lipinski definition) is 1. The minimum atomic E-state index is -0.949. The van der Waals surface area contributed by atoms with Gasteiger partial charge in [-0.3, -0.25) is 24.6 Å². The zero-order chi connectivity index (χ0) is 27.9. The fraction of sp³-hybridized carbons (Fsp3) is 0.448. The Morgan fingerprint density at radius 3 is 2.59 bits per heavy atom. The monoisotopic (exact) mass is 537 g/mol. The number of aliphatic hydroxyl groups excluding tert-OH is 1. The van der Waals surface area contributed by atoms with Gasteiger partial charge in [0.15, 0.2) is 0 Å². The minimum absolute atomic E-state index is 0.0779. The molecular weight excluding hydrogens is 502 g/mol. The summed E-state index contributed by atoms with van der Waals surface area (Å²) >= 11 is 0.